The minimum atomic E-state index is 0.553. The molecule has 0 bridgehead atoms. The molecule has 0 fully saturated rings. The molecule has 0 aliphatic heterocycles. The van der Waals surface area contributed by atoms with Gasteiger partial charge >= 0.3 is 0 Å². The Balaban J connectivity index is 2.18. The molecule has 2 aromatic heterocycles. The van der Waals surface area contributed by atoms with Gasteiger partial charge in [0.15, 0.2) is 0 Å². The Morgan fingerprint density at radius 1 is 1.25 bits per heavy atom. The summed E-state index contributed by atoms with van der Waals surface area (Å²) >= 11 is 0. The van der Waals surface area contributed by atoms with E-state index in [-0.39, 0.29) is 0 Å². The molecule has 5 nitrogen and oxygen atoms in total. The average molecular weight is 271 g/mol. The largest absolute Gasteiger partial charge is 0.383 e. The molecule has 5 heteroatoms. The minimum Gasteiger partial charge on any atom is -0.383 e. The molecule has 20 heavy (non-hydrogen) atoms. The highest BCUT2D eigenvalue weighted by Gasteiger charge is 2.08. The highest BCUT2D eigenvalue weighted by Crippen LogP contribution is 2.19. The van der Waals surface area contributed by atoms with Gasteiger partial charge in [-0.05, 0) is 37.5 Å². The van der Waals surface area contributed by atoms with Crippen LogP contribution in [0, 0.1) is 13.8 Å². The molecule has 0 radical (unpaired) electrons. The van der Waals surface area contributed by atoms with Crippen LogP contribution in [-0.2, 0) is 13.0 Å². The normalized spacial score (nSPS) is 10.6. The van der Waals surface area contributed by atoms with Crippen LogP contribution < -0.4 is 11.1 Å². The molecule has 2 heterocycles. The lowest BCUT2D eigenvalue weighted by Crippen LogP contribution is -2.10. The molecule has 2 aromatic rings. The summed E-state index contributed by atoms with van der Waals surface area (Å²) < 4.78 is 0. The monoisotopic (exact) mass is 271 g/mol. The quantitative estimate of drug-likeness (QED) is 0.874. The van der Waals surface area contributed by atoms with Gasteiger partial charge in [-0.25, -0.2) is 9.97 Å². The van der Waals surface area contributed by atoms with E-state index in [4.69, 9.17) is 5.73 Å². The molecule has 3 N–H and O–H groups in total. The molecule has 0 aromatic carbocycles. The summed E-state index contributed by atoms with van der Waals surface area (Å²) in [6.07, 6.45) is 5.51. The number of aromatic nitrogens is 3. The number of nitrogens with two attached hydrogens (primary N) is 1. The number of nitrogen functional groups attached to an aromatic ring is 1. The number of anilines is 2. The number of pyridine rings is 1. The van der Waals surface area contributed by atoms with Gasteiger partial charge in [-0.3, -0.25) is 4.98 Å². The van der Waals surface area contributed by atoms with Crippen LogP contribution in [0.2, 0.25) is 0 Å². The van der Waals surface area contributed by atoms with Crippen molar-refractivity contribution in [3.8, 4) is 0 Å². The highest BCUT2D eigenvalue weighted by molar-refractivity contribution is 5.55. The third-order valence-electron chi connectivity index (χ3n) is 3.29. The van der Waals surface area contributed by atoms with Gasteiger partial charge in [0.25, 0.3) is 0 Å². The number of hydrogen-bond acceptors (Lipinski definition) is 5. The molecule has 0 unspecified atom stereocenters. The molecule has 0 saturated heterocycles. The van der Waals surface area contributed by atoms with Gasteiger partial charge in [-0.15, -0.1) is 0 Å². The fourth-order valence-corrected chi connectivity index (χ4v) is 1.97. The summed E-state index contributed by atoms with van der Waals surface area (Å²) in [6.45, 7) is 6.80. The Morgan fingerprint density at radius 2 is 2.05 bits per heavy atom. The highest BCUT2D eigenvalue weighted by atomic mass is 15.1. The van der Waals surface area contributed by atoms with E-state index in [1.54, 1.807) is 6.20 Å². The van der Waals surface area contributed by atoms with Gasteiger partial charge < -0.3 is 11.1 Å². The van der Waals surface area contributed by atoms with Gasteiger partial charge in [0.05, 0.1) is 0 Å². The summed E-state index contributed by atoms with van der Waals surface area (Å²) in [5, 5.41) is 3.35. The van der Waals surface area contributed by atoms with Crippen LogP contribution in [0.3, 0.4) is 0 Å². The van der Waals surface area contributed by atoms with Gasteiger partial charge in [0.2, 0.25) is 0 Å². The van der Waals surface area contributed by atoms with E-state index in [0.717, 1.165) is 35.6 Å². The Morgan fingerprint density at radius 3 is 2.75 bits per heavy atom. The Hall–Kier alpha value is -2.17. The number of rotatable bonds is 5. The summed E-state index contributed by atoms with van der Waals surface area (Å²) in [6, 6.07) is 2.01. The van der Waals surface area contributed by atoms with E-state index >= 15 is 0 Å². The van der Waals surface area contributed by atoms with Crippen molar-refractivity contribution in [2.24, 2.45) is 0 Å². The molecule has 0 amide bonds. The number of nitrogens with one attached hydrogen (secondary N) is 1. The minimum absolute atomic E-state index is 0.553. The van der Waals surface area contributed by atoms with Crippen molar-refractivity contribution in [3.63, 3.8) is 0 Å². The number of hydrogen-bond donors (Lipinski definition) is 2. The second-order valence-electron chi connectivity index (χ2n) is 4.90. The van der Waals surface area contributed by atoms with Crippen LogP contribution in [0.1, 0.15) is 35.9 Å². The molecule has 0 spiro atoms. The van der Waals surface area contributed by atoms with Crippen LogP contribution >= 0.6 is 0 Å². The van der Waals surface area contributed by atoms with Crippen molar-refractivity contribution in [2.45, 2.75) is 40.2 Å². The van der Waals surface area contributed by atoms with Gasteiger partial charge in [-0.2, -0.15) is 0 Å². The summed E-state index contributed by atoms with van der Waals surface area (Å²) in [5.74, 6) is 2.17. The zero-order valence-electron chi connectivity index (χ0n) is 12.3. The third-order valence-corrected chi connectivity index (χ3v) is 3.29. The first-order chi connectivity index (χ1) is 9.61. The third kappa shape index (κ3) is 3.23. The molecule has 0 atom stereocenters. The van der Waals surface area contributed by atoms with Crippen molar-refractivity contribution in [3.05, 3.63) is 41.0 Å². The topological polar surface area (TPSA) is 76.7 Å². The van der Waals surface area contributed by atoms with Crippen LogP contribution in [0.4, 0.5) is 11.6 Å². The summed E-state index contributed by atoms with van der Waals surface area (Å²) in [7, 11) is 0. The van der Waals surface area contributed by atoms with E-state index in [2.05, 4.69) is 27.2 Å². The Kier molecular flexibility index (Phi) is 4.50. The molecular formula is C15H21N5. The lowest BCUT2D eigenvalue weighted by atomic mass is 10.1. The lowest BCUT2D eigenvalue weighted by Gasteiger charge is -2.12. The summed E-state index contributed by atoms with van der Waals surface area (Å²) in [5.41, 5.74) is 9.21. The van der Waals surface area contributed by atoms with Crippen molar-refractivity contribution in [1.29, 1.82) is 0 Å². The van der Waals surface area contributed by atoms with Gasteiger partial charge in [0, 0.05) is 30.9 Å². The van der Waals surface area contributed by atoms with E-state index < -0.39 is 0 Å². The van der Waals surface area contributed by atoms with Crippen molar-refractivity contribution in [1.82, 2.24) is 15.0 Å². The molecule has 0 aliphatic carbocycles. The lowest BCUT2D eigenvalue weighted by molar-refractivity contribution is 0.833. The number of nitrogens with zero attached hydrogens (tertiary/aromatic N) is 3. The molecular weight excluding hydrogens is 250 g/mol. The second-order valence-corrected chi connectivity index (χ2v) is 4.90. The van der Waals surface area contributed by atoms with Crippen LogP contribution in [0.5, 0.6) is 0 Å². The van der Waals surface area contributed by atoms with E-state index in [9.17, 15) is 0 Å². The van der Waals surface area contributed by atoms with Crippen LogP contribution in [-0.4, -0.2) is 15.0 Å². The smallest absolute Gasteiger partial charge is 0.135 e. The van der Waals surface area contributed by atoms with Crippen LogP contribution in [0.15, 0.2) is 18.5 Å². The molecule has 0 aliphatic rings. The maximum Gasteiger partial charge on any atom is 0.135 e. The Labute approximate surface area is 119 Å². The maximum atomic E-state index is 5.95. The fourth-order valence-electron chi connectivity index (χ4n) is 1.97. The first-order valence-corrected chi connectivity index (χ1v) is 6.88. The standard InChI is InChI=1S/C15H21N5/c1-4-5-13-19-14(16)11(3)15(20-13)18-9-12-6-7-17-8-10(12)2/h6-8H,4-5,9H2,1-3H3,(H3,16,18,19,20). The zero-order valence-corrected chi connectivity index (χ0v) is 12.3. The molecule has 0 saturated carbocycles. The van der Waals surface area contributed by atoms with Crippen molar-refractivity contribution in [2.75, 3.05) is 11.1 Å². The average Bonchev–Trinajstić information content (AvgIpc) is 2.43. The Bertz CT molecular complexity index is 595. The second kappa shape index (κ2) is 6.32. The number of aryl methyl sites for hydroxylation is 2. The van der Waals surface area contributed by atoms with E-state index in [0.29, 0.717) is 12.4 Å². The first kappa shape index (κ1) is 14.2. The van der Waals surface area contributed by atoms with Gasteiger partial charge in [-0.1, -0.05) is 6.92 Å². The van der Waals surface area contributed by atoms with Crippen molar-refractivity contribution >= 4 is 11.6 Å². The van der Waals surface area contributed by atoms with Crippen LogP contribution in [0.25, 0.3) is 0 Å². The first-order valence-electron chi connectivity index (χ1n) is 6.88. The zero-order chi connectivity index (χ0) is 14.5. The SMILES string of the molecule is CCCc1nc(N)c(C)c(NCc2ccncc2C)n1. The molecule has 2 rings (SSSR count). The predicted molar refractivity (Wildman–Crippen MR) is 81.5 cm³/mol. The van der Waals surface area contributed by atoms with E-state index in [1.165, 1.54) is 5.56 Å². The predicted octanol–water partition coefficient (Wildman–Crippen LogP) is 2.64. The van der Waals surface area contributed by atoms with Gasteiger partial charge in [0.1, 0.15) is 17.5 Å². The molecule has 106 valence electrons. The maximum absolute atomic E-state index is 5.95. The fraction of sp³-hybridized carbons (Fsp3) is 0.400. The van der Waals surface area contributed by atoms with E-state index in [1.807, 2.05) is 26.1 Å². The van der Waals surface area contributed by atoms with Crippen molar-refractivity contribution < 1.29 is 0 Å². The summed E-state index contributed by atoms with van der Waals surface area (Å²) in [4.78, 5) is 13.0.